The van der Waals surface area contributed by atoms with Crippen molar-refractivity contribution in [3.05, 3.63) is 64.7 Å². The van der Waals surface area contributed by atoms with Gasteiger partial charge in [-0.3, -0.25) is 4.79 Å². The van der Waals surface area contributed by atoms with Gasteiger partial charge in [0.15, 0.2) is 5.82 Å². The van der Waals surface area contributed by atoms with Gasteiger partial charge in [-0.2, -0.15) is 9.37 Å². The molecule has 0 saturated heterocycles. The van der Waals surface area contributed by atoms with E-state index in [0.29, 0.717) is 59.3 Å². The Balaban J connectivity index is 1.36. The van der Waals surface area contributed by atoms with Gasteiger partial charge < -0.3 is 15.0 Å². The minimum Gasteiger partial charge on any atom is -0.493 e. The number of carbonyl (C=O) groups excluding carboxylic acids is 1. The van der Waals surface area contributed by atoms with Crippen LogP contribution in [0.2, 0.25) is 0 Å². The number of aryl methyl sites for hydroxylation is 1. The second-order valence-corrected chi connectivity index (χ2v) is 11.0. The molecule has 0 spiro atoms. The summed E-state index contributed by atoms with van der Waals surface area (Å²) in [6, 6.07) is 7.95. The van der Waals surface area contributed by atoms with Gasteiger partial charge in [-0.25, -0.2) is 18.1 Å². The number of nitrogens with one attached hydrogen (secondary N) is 2. The SMILES string of the molecule is CCN1c2ncc(CCOc3ccc4c(c3)C(C)(C)NS4(=O)=O)cc2C(=O)Nc2c(C)cc(F)nc21. The van der Waals surface area contributed by atoms with Crippen molar-refractivity contribution >= 4 is 33.3 Å². The number of sulfonamides is 1. The van der Waals surface area contributed by atoms with Crippen LogP contribution < -0.4 is 19.7 Å². The van der Waals surface area contributed by atoms with E-state index in [2.05, 4.69) is 20.0 Å². The van der Waals surface area contributed by atoms with Crippen LogP contribution in [0.25, 0.3) is 0 Å². The van der Waals surface area contributed by atoms with Crippen LogP contribution in [0, 0.1) is 12.9 Å². The zero-order valence-corrected chi connectivity index (χ0v) is 21.2. The average Bonchev–Trinajstić information content (AvgIpc) is 2.91. The van der Waals surface area contributed by atoms with Crippen LogP contribution in [0.3, 0.4) is 0 Å². The van der Waals surface area contributed by atoms with Crippen LogP contribution >= 0.6 is 0 Å². The van der Waals surface area contributed by atoms with Gasteiger partial charge in [0, 0.05) is 19.2 Å². The molecule has 1 aromatic carbocycles. The summed E-state index contributed by atoms with van der Waals surface area (Å²) < 4.78 is 47.2. The number of fused-ring (bicyclic) bond motifs is 3. The summed E-state index contributed by atoms with van der Waals surface area (Å²) in [5.41, 5.74) is 2.12. The fourth-order valence-electron chi connectivity index (χ4n) is 4.62. The molecule has 188 valence electrons. The van der Waals surface area contributed by atoms with Gasteiger partial charge in [-0.05, 0) is 74.7 Å². The molecule has 9 nitrogen and oxygen atoms in total. The number of halogens is 1. The van der Waals surface area contributed by atoms with Crippen molar-refractivity contribution in [2.75, 3.05) is 23.4 Å². The van der Waals surface area contributed by atoms with E-state index in [0.717, 1.165) is 5.56 Å². The van der Waals surface area contributed by atoms with Crippen molar-refractivity contribution in [3.63, 3.8) is 0 Å². The van der Waals surface area contributed by atoms with E-state index in [-0.39, 0.29) is 10.8 Å². The van der Waals surface area contributed by atoms with Gasteiger partial charge in [0.2, 0.25) is 16.0 Å². The Labute approximate surface area is 208 Å². The standard InChI is InChI=1S/C25H26FN5O4S/c1-5-31-22-17(24(32)29-21-14(2)10-20(26)28-23(21)31)11-15(13-27-22)8-9-35-16-6-7-19-18(12-16)25(3,4)30-36(19,33)34/h6-7,10-13,30H,5,8-9H2,1-4H3,(H,29,32). The number of pyridine rings is 2. The van der Waals surface area contributed by atoms with Crippen LogP contribution in [0.1, 0.15) is 47.8 Å². The third kappa shape index (κ3) is 4.07. The molecule has 0 unspecified atom stereocenters. The fourth-order valence-corrected chi connectivity index (χ4v) is 6.36. The monoisotopic (exact) mass is 511 g/mol. The first-order valence-corrected chi connectivity index (χ1v) is 13.0. The predicted molar refractivity (Wildman–Crippen MR) is 133 cm³/mol. The van der Waals surface area contributed by atoms with E-state index >= 15 is 0 Å². The molecule has 2 aliphatic heterocycles. The Morgan fingerprint density at radius 2 is 1.94 bits per heavy atom. The lowest BCUT2D eigenvalue weighted by Crippen LogP contribution is -2.32. The summed E-state index contributed by atoms with van der Waals surface area (Å²) >= 11 is 0. The topological polar surface area (TPSA) is 114 Å². The highest BCUT2D eigenvalue weighted by Gasteiger charge is 2.40. The third-order valence-electron chi connectivity index (χ3n) is 6.36. The van der Waals surface area contributed by atoms with E-state index in [1.54, 1.807) is 56.1 Å². The van der Waals surface area contributed by atoms with E-state index < -0.39 is 21.5 Å². The molecule has 3 aromatic rings. The summed E-state index contributed by atoms with van der Waals surface area (Å²) in [5.74, 6) is 0.313. The summed E-state index contributed by atoms with van der Waals surface area (Å²) in [6.07, 6.45) is 2.13. The summed E-state index contributed by atoms with van der Waals surface area (Å²) in [7, 11) is -3.52. The number of hydrogen-bond acceptors (Lipinski definition) is 7. The lowest BCUT2D eigenvalue weighted by molar-refractivity contribution is 0.102. The molecule has 5 rings (SSSR count). The Morgan fingerprint density at radius 3 is 2.69 bits per heavy atom. The molecule has 36 heavy (non-hydrogen) atoms. The zero-order valence-electron chi connectivity index (χ0n) is 20.3. The maximum Gasteiger partial charge on any atom is 0.259 e. The molecule has 2 aliphatic rings. The normalized spacial score (nSPS) is 17.0. The largest absolute Gasteiger partial charge is 0.493 e. The van der Waals surface area contributed by atoms with Crippen LogP contribution in [0.4, 0.5) is 21.7 Å². The van der Waals surface area contributed by atoms with E-state index in [1.807, 2.05) is 6.92 Å². The molecule has 0 radical (unpaired) electrons. The quantitative estimate of drug-likeness (QED) is 0.501. The molecule has 1 amide bonds. The second kappa shape index (κ2) is 8.52. The van der Waals surface area contributed by atoms with Crippen molar-refractivity contribution in [3.8, 4) is 5.75 Å². The molecular formula is C25H26FN5O4S. The first-order valence-electron chi connectivity index (χ1n) is 11.6. The number of nitrogens with zero attached hydrogens (tertiary/aromatic N) is 3. The van der Waals surface area contributed by atoms with Gasteiger partial charge >= 0.3 is 0 Å². The molecule has 0 aliphatic carbocycles. The van der Waals surface area contributed by atoms with Crippen LogP contribution in [0.15, 0.2) is 41.4 Å². The maximum atomic E-state index is 14.0. The van der Waals surface area contributed by atoms with Gasteiger partial charge in [0.1, 0.15) is 11.6 Å². The number of amides is 1. The number of carbonyl (C=O) groups is 1. The average molecular weight is 512 g/mol. The van der Waals surface area contributed by atoms with Crippen LogP contribution in [0.5, 0.6) is 5.75 Å². The number of ether oxygens (including phenoxy) is 1. The van der Waals surface area contributed by atoms with Crippen LogP contribution in [-0.2, 0) is 22.0 Å². The lowest BCUT2D eigenvalue weighted by Gasteiger charge is -2.22. The zero-order chi connectivity index (χ0) is 25.8. The Bertz CT molecular complexity index is 1510. The molecule has 0 fully saturated rings. The molecule has 4 heterocycles. The van der Waals surface area contributed by atoms with Gasteiger partial charge in [0.05, 0.1) is 28.3 Å². The number of anilines is 3. The number of hydrogen-bond donors (Lipinski definition) is 2. The highest BCUT2D eigenvalue weighted by molar-refractivity contribution is 7.89. The van der Waals surface area contributed by atoms with Gasteiger partial charge in [-0.15, -0.1) is 0 Å². The highest BCUT2D eigenvalue weighted by Crippen LogP contribution is 2.38. The van der Waals surface area contributed by atoms with Crippen molar-refractivity contribution < 1.29 is 22.3 Å². The summed E-state index contributed by atoms with van der Waals surface area (Å²) in [6.45, 7) is 7.94. The second-order valence-electron chi connectivity index (χ2n) is 9.36. The smallest absolute Gasteiger partial charge is 0.259 e. The van der Waals surface area contributed by atoms with Crippen molar-refractivity contribution in [2.45, 2.75) is 44.6 Å². The number of benzene rings is 1. The number of rotatable bonds is 5. The molecule has 0 atom stereocenters. The van der Waals surface area contributed by atoms with E-state index in [4.69, 9.17) is 4.74 Å². The van der Waals surface area contributed by atoms with Crippen molar-refractivity contribution in [1.29, 1.82) is 0 Å². The Morgan fingerprint density at radius 1 is 1.17 bits per heavy atom. The minimum atomic E-state index is -3.52. The van der Waals surface area contributed by atoms with Crippen molar-refractivity contribution in [1.82, 2.24) is 14.7 Å². The molecule has 11 heteroatoms. The predicted octanol–water partition coefficient (Wildman–Crippen LogP) is 3.80. The van der Waals surface area contributed by atoms with Gasteiger partial charge in [-0.1, -0.05) is 0 Å². The first kappa shape index (κ1) is 24.1. The Kier molecular flexibility index (Phi) is 5.72. The fraction of sp³-hybridized carbons (Fsp3) is 0.320. The molecule has 0 bridgehead atoms. The Hall–Kier alpha value is -3.57. The third-order valence-corrected chi connectivity index (χ3v) is 8.08. The van der Waals surface area contributed by atoms with Crippen molar-refractivity contribution in [2.24, 2.45) is 0 Å². The first-order chi connectivity index (χ1) is 17.0. The molecule has 2 N–H and O–H groups in total. The maximum absolute atomic E-state index is 14.0. The molecule has 0 saturated carbocycles. The summed E-state index contributed by atoms with van der Waals surface area (Å²) in [4.78, 5) is 23.6. The lowest BCUT2D eigenvalue weighted by atomic mass is 9.96. The minimum absolute atomic E-state index is 0.256. The highest BCUT2D eigenvalue weighted by atomic mass is 32.2. The molecule has 2 aromatic heterocycles. The molecular weight excluding hydrogens is 485 g/mol. The van der Waals surface area contributed by atoms with E-state index in [9.17, 15) is 17.6 Å². The van der Waals surface area contributed by atoms with E-state index in [1.165, 1.54) is 6.07 Å². The number of aromatic nitrogens is 2. The van der Waals surface area contributed by atoms with Gasteiger partial charge in [0.25, 0.3) is 5.91 Å². The summed E-state index contributed by atoms with van der Waals surface area (Å²) in [5, 5.41) is 2.85. The van der Waals surface area contributed by atoms with Crippen LogP contribution in [-0.4, -0.2) is 37.4 Å².